The lowest BCUT2D eigenvalue weighted by Crippen LogP contribution is -2.37. The average Bonchev–Trinajstić information content (AvgIpc) is 3.31. The number of fused-ring (bicyclic) bond motifs is 1. The van der Waals surface area contributed by atoms with Crippen molar-refractivity contribution in [3.05, 3.63) is 52.5 Å². The van der Waals surface area contributed by atoms with Gasteiger partial charge in [0.2, 0.25) is 5.91 Å². The van der Waals surface area contributed by atoms with Crippen LogP contribution in [0.1, 0.15) is 17.0 Å². The van der Waals surface area contributed by atoms with Gasteiger partial charge >= 0.3 is 0 Å². The molecule has 2 aromatic heterocycles. The Bertz CT molecular complexity index is 707. The number of aromatic nitrogens is 1. The molecule has 4 heterocycles. The molecule has 2 aliphatic heterocycles. The monoisotopic (exact) mass is 357 g/mol. The third-order valence-corrected chi connectivity index (χ3v) is 6.12. The molecule has 132 valence electrons. The molecule has 0 saturated carbocycles. The van der Waals surface area contributed by atoms with E-state index in [9.17, 15) is 4.79 Å². The lowest BCUT2D eigenvalue weighted by Gasteiger charge is -2.26. The Balaban J connectivity index is 1.35. The summed E-state index contributed by atoms with van der Waals surface area (Å²) in [4.78, 5) is 20.6. The predicted octanol–water partition coefficient (Wildman–Crippen LogP) is 2.30. The van der Waals surface area contributed by atoms with Crippen LogP contribution in [0.4, 0.5) is 0 Å². The van der Waals surface area contributed by atoms with E-state index < -0.39 is 0 Å². The summed E-state index contributed by atoms with van der Waals surface area (Å²) in [5, 5.41) is 5.14. The summed E-state index contributed by atoms with van der Waals surface area (Å²) in [6.45, 7) is 4.88. The van der Waals surface area contributed by atoms with Gasteiger partial charge in [-0.05, 0) is 23.6 Å². The van der Waals surface area contributed by atoms with E-state index in [-0.39, 0.29) is 11.3 Å². The molecule has 0 unspecified atom stereocenters. The third kappa shape index (κ3) is 3.76. The molecule has 0 aromatic carbocycles. The Hall–Kier alpha value is -1.76. The molecule has 0 radical (unpaired) electrons. The summed E-state index contributed by atoms with van der Waals surface area (Å²) < 4.78 is 5.75. The first-order valence-corrected chi connectivity index (χ1v) is 9.61. The maximum absolute atomic E-state index is 12.5. The Morgan fingerprint density at radius 2 is 2.36 bits per heavy atom. The second kappa shape index (κ2) is 7.23. The van der Waals surface area contributed by atoms with Gasteiger partial charge in [-0.25, -0.2) is 0 Å². The van der Waals surface area contributed by atoms with Crippen LogP contribution in [0.25, 0.3) is 0 Å². The van der Waals surface area contributed by atoms with Gasteiger partial charge in [0.1, 0.15) is 0 Å². The molecule has 2 atom stereocenters. The molecule has 2 aliphatic rings. The van der Waals surface area contributed by atoms with Crippen LogP contribution >= 0.6 is 11.3 Å². The number of thiophene rings is 1. The first-order valence-electron chi connectivity index (χ1n) is 8.73. The van der Waals surface area contributed by atoms with Gasteiger partial charge in [0.25, 0.3) is 0 Å². The van der Waals surface area contributed by atoms with Crippen molar-refractivity contribution in [1.82, 2.24) is 15.2 Å². The summed E-state index contributed by atoms with van der Waals surface area (Å²) in [5.41, 5.74) is 0.851. The topological polar surface area (TPSA) is 54.5 Å². The highest BCUT2D eigenvalue weighted by Gasteiger charge is 2.51. The maximum atomic E-state index is 12.5. The van der Waals surface area contributed by atoms with Crippen molar-refractivity contribution in [1.29, 1.82) is 0 Å². The second-order valence-electron chi connectivity index (χ2n) is 7.10. The number of pyridine rings is 1. The molecule has 25 heavy (non-hydrogen) atoms. The number of rotatable bonds is 6. The highest BCUT2D eigenvalue weighted by atomic mass is 32.1. The Morgan fingerprint density at radius 3 is 3.16 bits per heavy atom. The van der Waals surface area contributed by atoms with E-state index >= 15 is 0 Å². The second-order valence-corrected chi connectivity index (χ2v) is 8.13. The molecule has 6 heteroatoms. The van der Waals surface area contributed by atoms with Gasteiger partial charge in [0, 0.05) is 48.5 Å². The van der Waals surface area contributed by atoms with Crippen LogP contribution in [-0.2, 0) is 22.6 Å². The number of nitrogens with one attached hydrogen (secondary N) is 1. The summed E-state index contributed by atoms with van der Waals surface area (Å²) in [7, 11) is 0. The SMILES string of the molecule is O=C(C[C@]12COC[C@H]1CN(Cc1cccs1)C2)NCc1ccccn1. The van der Waals surface area contributed by atoms with E-state index in [1.165, 1.54) is 4.88 Å². The molecule has 0 spiro atoms. The zero-order chi connectivity index (χ0) is 17.1. The predicted molar refractivity (Wildman–Crippen MR) is 97.0 cm³/mol. The fourth-order valence-electron chi connectivity index (χ4n) is 4.01. The number of carbonyl (C=O) groups is 1. The number of nitrogens with zero attached hydrogens (tertiary/aromatic N) is 2. The van der Waals surface area contributed by atoms with E-state index in [1.807, 2.05) is 18.2 Å². The molecule has 1 amide bonds. The Kier molecular flexibility index (Phi) is 4.83. The van der Waals surface area contributed by atoms with Crippen molar-refractivity contribution in [2.75, 3.05) is 26.3 Å². The summed E-state index contributed by atoms with van der Waals surface area (Å²) in [6, 6.07) is 10.0. The van der Waals surface area contributed by atoms with Crippen molar-refractivity contribution < 1.29 is 9.53 Å². The highest BCUT2D eigenvalue weighted by Crippen LogP contribution is 2.44. The van der Waals surface area contributed by atoms with E-state index in [0.29, 0.717) is 25.5 Å². The molecule has 0 aliphatic carbocycles. The van der Waals surface area contributed by atoms with E-state index in [0.717, 1.165) is 31.9 Å². The number of ether oxygens (including phenoxy) is 1. The first-order chi connectivity index (χ1) is 12.2. The van der Waals surface area contributed by atoms with E-state index in [1.54, 1.807) is 17.5 Å². The number of likely N-dealkylation sites (tertiary alicyclic amines) is 1. The normalized spacial score (nSPS) is 25.8. The summed E-state index contributed by atoms with van der Waals surface area (Å²) in [6.07, 6.45) is 2.28. The minimum atomic E-state index is -0.0363. The van der Waals surface area contributed by atoms with Crippen molar-refractivity contribution in [2.45, 2.75) is 19.5 Å². The van der Waals surface area contributed by atoms with Gasteiger partial charge in [0.05, 0.1) is 25.5 Å². The zero-order valence-corrected chi connectivity index (χ0v) is 15.0. The van der Waals surface area contributed by atoms with Crippen LogP contribution in [-0.4, -0.2) is 42.1 Å². The quantitative estimate of drug-likeness (QED) is 0.862. The van der Waals surface area contributed by atoms with Gasteiger partial charge in [-0.1, -0.05) is 12.1 Å². The lowest BCUT2D eigenvalue weighted by molar-refractivity contribution is -0.123. The number of hydrogen-bond donors (Lipinski definition) is 1. The Morgan fingerprint density at radius 1 is 1.40 bits per heavy atom. The zero-order valence-electron chi connectivity index (χ0n) is 14.2. The van der Waals surface area contributed by atoms with Crippen LogP contribution in [0.2, 0.25) is 0 Å². The molecular weight excluding hydrogens is 334 g/mol. The summed E-state index contributed by atoms with van der Waals surface area (Å²) >= 11 is 1.80. The highest BCUT2D eigenvalue weighted by molar-refractivity contribution is 7.09. The van der Waals surface area contributed by atoms with Crippen molar-refractivity contribution in [3.63, 3.8) is 0 Å². The molecule has 1 N–H and O–H groups in total. The van der Waals surface area contributed by atoms with Gasteiger partial charge in [0.15, 0.2) is 0 Å². The smallest absolute Gasteiger partial charge is 0.221 e. The standard InChI is InChI=1S/C19H23N3O2S/c23-18(21-9-16-4-1-2-6-20-16)8-19-13-22(10-15(19)12-24-14-19)11-17-5-3-7-25-17/h1-7,15H,8-14H2,(H,21,23)/t15-,19+/m1/s1. The number of carbonyl (C=O) groups excluding carboxylic acids is 1. The van der Waals surface area contributed by atoms with Gasteiger partial charge in [-0.15, -0.1) is 11.3 Å². The maximum Gasteiger partial charge on any atom is 0.221 e. The molecule has 2 saturated heterocycles. The largest absolute Gasteiger partial charge is 0.380 e. The van der Waals surface area contributed by atoms with Crippen molar-refractivity contribution in [2.24, 2.45) is 11.3 Å². The lowest BCUT2D eigenvalue weighted by atomic mass is 9.78. The summed E-state index contributed by atoms with van der Waals surface area (Å²) in [5.74, 6) is 0.548. The average molecular weight is 357 g/mol. The van der Waals surface area contributed by atoms with Crippen molar-refractivity contribution >= 4 is 17.2 Å². The van der Waals surface area contributed by atoms with Gasteiger partial charge in [-0.3, -0.25) is 14.7 Å². The van der Waals surface area contributed by atoms with Crippen LogP contribution in [0.3, 0.4) is 0 Å². The van der Waals surface area contributed by atoms with Crippen LogP contribution in [0.5, 0.6) is 0 Å². The molecule has 2 fully saturated rings. The Labute approximate surface area is 152 Å². The van der Waals surface area contributed by atoms with Crippen LogP contribution in [0, 0.1) is 11.3 Å². The molecule has 0 bridgehead atoms. The van der Waals surface area contributed by atoms with Gasteiger partial charge in [-0.2, -0.15) is 0 Å². The van der Waals surface area contributed by atoms with E-state index in [4.69, 9.17) is 4.74 Å². The fraction of sp³-hybridized carbons (Fsp3) is 0.474. The third-order valence-electron chi connectivity index (χ3n) is 5.26. The van der Waals surface area contributed by atoms with E-state index in [2.05, 4.69) is 32.7 Å². The molecule has 4 rings (SSSR count). The number of amides is 1. The minimum absolute atomic E-state index is 0.0363. The van der Waals surface area contributed by atoms with Crippen molar-refractivity contribution in [3.8, 4) is 0 Å². The molecule has 2 aromatic rings. The van der Waals surface area contributed by atoms with Crippen LogP contribution < -0.4 is 5.32 Å². The van der Waals surface area contributed by atoms with Crippen LogP contribution in [0.15, 0.2) is 41.9 Å². The molecular formula is C19H23N3O2S. The van der Waals surface area contributed by atoms with Gasteiger partial charge < -0.3 is 10.1 Å². The fourth-order valence-corrected chi connectivity index (χ4v) is 4.76. The minimum Gasteiger partial charge on any atom is -0.380 e. The molecule has 5 nitrogen and oxygen atoms in total. The first kappa shape index (κ1) is 16.7. The number of hydrogen-bond acceptors (Lipinski definition) is 5.